The average Bonchev–Trinajstić information content (AvgIpc) is 2.50. The highest BCUT2D eigenvalue weighted by atomic mass is 16.5. The SMILES string of the molecule is CN=C(NCC(OC)C(C)(C)C)NCC1(OC)CCOCC1. The predicted molar refractivity (Wildman–Crippen MR) is 89.4 cm³/mol. The fraction of sp³-hybridized carbons (Fsp3) is 0.938. The lowest BCUT2D eigenvalue weighted by Gasteiger charge is -2.36. The number of hydrogen-bond donors (Lipinski definition) is 2. The predicted octanol–water partition coefficient (Wildman–Crippen LogP) is 1.41. The second-order valence-corrected chi connectivity index (χ2v) is 6.90. The second-order valence-electron chi connectivity index (χ2n) is 6.90. The fourth-order valence-electron chi connectivity index (χ4n) is 2.59. The van der Waals surface area contributed by atoms with Crippen LogP contribution in [-0.4, -0.2) is 65.2 Å². The lowest BCUT2D eigenvalue weighted by molar-refractivity contribution is -0.0855. The molecule has 0 bridgehead atoms. The van der Waals surface area contributed by atoms with Crippen molar-refractivity contribution in [3.05, 3.63) is 0 Å². The number of guanidine groups is 1. The van der Waals surface area contributed by atoms with Crippen molar-refractivity contribution in [1.82, 2.24) is 10.6 Å². The van der Waals surface area contributed by atoms with E-state index in [1.54, 1.807) is 21.3 Å². The van der Waals surface area contributed by atoms with Crippen LogP contribution in [-0.2, 0) is 14.2 Å². The maximum Gasteiger partial charge on any atom is 0.191 e. The molecule has 0 aromatic rings. The van der Waals surface area contributed by atoms with Gasteiger partial charge in [0.25, 0.3) is 0 Å². The highest BCUT2D eigenvalue weighted by Gasteiger charge is 2.32. The maximum absolute atomic E-state index is 5.72. The Balaban J connectivity index is 2.48. The van der Waals surface area contributed by atoms with Gasteiger partial charge in [-0.05, 0) is 5.41 Å². The van der Waals surface area contributed by atoms with E-state index in [4.69, 9.17) is 14.2 Å². The van der Waals surface area contributed by atoms with Crippen molar-refractivity contribution in [2.45, 2.75) is 45.3 Å². The summed E-state index contributed by atoms with van der Waals surface area (Å²) in [6.45, 7) is 9.43. The van der Waals surface area contributed by atoms with E-state index < -0.39 is 0 Å². The highest BCUT2D eigenvalue weighted by molar-refractivity contribution is 5.79. The van der Waals surface area contributed by atoms with E-state index in [0.717, 1.165) is 38.6 Å². The Morgan fingerprint density at radius 3 is 2.32 bits per heavy atom. The number of aliphatic imine (C=N–C) groups is 1. The minimum Gasteiger partial charge on any atom is -0.381 e. The van der Waals surface area contributed by atoms with Gasteiger partial charge in [-0.2, -0.15) is 0 Å². The van der Waals surface area contributed by atoms with Gasteiger partial charge in [-0.3, -0.25) is 4.99 Å². The van der Waals surface area contributed by atoms with E-state index in [9.17, 15) is 0 Å². The Morgan fingerprint density at radius 1 is 1.23 bits per heavy atom. The smallest absolute Gasteiger partial charge is 0.191 e. The molecule has 0 aliphatic carbocycles. The lowest BCUT2D eigenvalue weighted by Crippen LogP contribution is -2.52. The van der Waals surface area contributed by atoms with Gasteiger partial charge in [0.15, 0.2) is 5.96 Å². The molecule has 6 nitrogen and oxygen atoms in total. The summed E-state index contributed by atoms with van der Waals surface area (Å²) in [6, 6.07) is 0. The summed E-state index contributed by atoms with van der Waals surface area (Å²) in [6.07, 6.45) is 1.91. The first-order valence-electron chi connectivity index (χ1n) is 7.97. The number of methoxy groups -OCH3 is 2. The highest BCUT2D eigenvalue weighted by Crippen LogP contribution is 2.23. The van der Waals surface area contributed by atoms with Crippen molar-refractivity contribution in [3.8, 4) is 0 Å². The number of hydrogen-bond acceptors (Lipinski definition) is 4. The lowest BCUT2D eigenvalue weighted by atomic mass is 9.89. The molecule has 1 fully saturated rings. The summed E-state index contributed by atoms with van der Waals surface area (Å²) in [5.74, 6) is 0.772. The molecule has 0 amide bonds. The van der Waals surface area contributed by atoms with Crippen molar-refractivity contribution in [1.29, 1.82) is 0 Å². The fourth-order valence-corrected chi connectivity index (χ4v) is 2.59. The Kier molecular flexibility index (Phi) is 7.59. The normalized spacial score (nSPS) is 20.5. The van der Waals surface area contributed by atoms with Gasteiger partial charge in [0, 0.05) is 60.4 Å². The van der Waals surface area contributed by atoms with Gasteiger partial charge >= 0.3 is 0 Å². The molecule has 1 heterocycles. The average molecular weight is 315 g/mol. The first-order valence-corrected chi connectivity index (χ1v) is 7.97. The number of ether oxygens (including phenoxy) is 3. The molecular formula is C16H33N3O3. The third-order valence-corrected chi connectivity index (χ3v) is 4.34. The molecule has 1 unspecified atom stereocenters. The third kappa shape index (κ3) is 5.74. The van der Waals surface area contributed by atoms with E-state index >= 15 is 0 Å². The number of nitrogens with zero attached hydrogens (tertiary/aromatic N) is 1. The Morgan fingerprint density at radius 2 is 1.86 bits per heavy atom. The minimum absolute atomic E-state index is 0.0784. The van der Waals surface area contributed by atoms with E-state index in [-0.39, 0.29) is 17.1 Å². The Hall–Kier alpha value is -0.850. The summed E-state index contributed by atoms with van der Waals surface area (Å²) in [5.41, 5.74) is -0.0877. The van der Waals surface area contributed by atoms with Gasteiger partial charge in [0.2, 0.25) is 0 Å². The molecule has 6 heteroatoms. The van der Waals surface area contributed by atoms with E-state index in [1.165, 1.54) is 0 Å². The standard InChI is InChI=1S/C16H33N3O3/c1-15(2,3)13(20-5)11-18-14(17-4)19-12-16(21-6)7-9-22-10-8-16/h13H,7-12H2,1-6H3,(H2,17,18,19). The van der Waals surface area contributed by atoms with Crippen molar-refractivity contribution < 1.29 is 14.2 Å². The molecule has 1 aliphatic heterocycles. The molecule has 0 aromatic heterocycles. The molecule has 2 N–H and O–H groups in total. The molecule has 1 aliphatic rings. The molecule has 130 valence electrons. The molecule has 0 spiro atoms. The zero-order valence-electron chi connectivity index (χ0n) is 15.0. The first-order chi connectivity index (χ1) is 10.4. The zero-order valence-corrected chi connectivity index (χ0v) is 15.0. The van der Waals surface area contributed by atoms with Crippen LogP contribution in [0.2, 0.25) is 0 Å². The topological polar surface area (TPSA) is 64.1 Å². The maximum atomic E-state index is 5.72. The summed E-state index contributed by atoms with van der Waals surface area (Å²) in [5, 5.41) is 6.70. The van der Waals surface area contributed by atoms with E-state index in [2.05, 4.69) is 36.4 Å². The quantitative estimate of drug-likeness (QED) is 0.573. The van der Waals surface area contributed by atoms with Gasteiger partial charge in [-0.15, -0.1) is 0 Å². The van der Waals surface area contributed by atoms with Crippen LogP contribution >= 0.6 is 0 Å². The van der Waals surface area contributed by atoms with Crippen LogP contribution in [0.15, 0.2) is 4.99 Å². The van der Waals surface area contributed by atoms with E-state index in [1.807, 2.05) is 0 Å². The molecule has 0 aromatic carbocycles. The van der Waals surface area contributed by atoms with Crippen LogP contribution in [0.4, 0.5) is 0 Å². The molecule has 1 atom stereocenters. The Labute approximate surface area is 135 Å². The van der Waals surface area contributed by atoms with Crippen LogP contribution in [0.25, 0.3) is 0 Å². The summed E-state index contributed by atoms with van der Waals surface area (Å²) in [7, 11) is 5.29. The minimum atomic E-state index is -0.166. The van der Waals surface area contributed by atoms with Gasteiger partial charge in [0.05, 0.1) is 11.7 Å². The van der Waals surface area contributed by atoms with Crippen LogP contribution < -0.4 is 10.6 Å². The van der Waals surface area contributed by atoms with Crippen LogP contribution in [0.3, 0.4) is 0 Å². The van der Waals surface area contributed by atoms with E-state index in [0.29, 0.717) is 6.54 Å². The summed E-state index contributed by atoms with van der Waals surface area (Å²) in [4.78, 5) is 4.28. The molecule has 22 heavy (non-hydrogen) atoms. The third-order valence-electron chi connectivity index (χ3n) is 4.34. The molecular weight excluding hydrogens is 282 g/mol. The number of nitrogens with one attached hydrogen (secondary N) is 2. The van der Waals surface area contributed by atoms with Gasteiger partial charge < -0.3 is 24.8 Å². The van der Waals surface area contributed by atoms with Crippen molar-refractivity contribution >= 4 is 5.96 Å². The largest absolute Gasteiger partial charge is 0.381 e. The van der Waals surface area contributed by atoms with Crippen molar-refractivity contribution in [2.75, 3.05) is 47.6 Å². The monoisotopic (exact) mass is 315 g/mol. The Bertz CT molecular complexity index is 347. The van der Waals surface area contributed by atoms with Gasteiger partial charge in [0.1, 0.15) is 0 Å². The van der Waals surface area contributed by atoms with Crippen LogP contribution in [0.1, 0.15) is 33.6 Å². The zero-order chi connectivity index (χ0) is 16.6. The molecule has 0 radical (unpaired) electrons. The van der Waals surface area contributed by atoms with Gasteiger partial charge in [-0.25, -0.2) is 0 Å². The molecule has 1 saturated heterocycles. The second kappa shape index (κ2) is 8.70. The molecule has 0 saturated carbocycles. The van der Waals surface area contributed by atoms with Crippen molar-refractivity contribution in [3.63, 3.8) is 0 Å². The summed E-state index contributed by atoms with van der Waals surface area (Å²) >= 11 is 0. The first kappa shape index (κ1) is 19.2. The van der Waals surface area contributed by atoms with Crippen molar-refractivity contribution in [2.24, 2.45) is 10.4 Å². The summed E-state index contributed by atoms with van der Waals surface area (Å²) < 4.78 is 16.7. The number of rotatable bonds is 6. The van der Waals surface area contributed by atoms with Gasteiger partial charge in [-0.1, -0.05) is 20.8 Å². The van der Waals surface area contributed by atoms with Crippen LogP contribution in [0, 0.1) is 5.41 Å². The van der Waals surface area contributed by atoms with Crippen LogP contribution in [0.5, 0.6) is 0 Å². The molecule has 1 rings (SSSR count).